The number of ether oxygens (including phenoxy) is 2. The van der Waals surface area contributed by atoms with Crippen LogP contribution >= 0.6 is 0 Å². The summed E-state index contributed by atoms with van der Waals surface area (Å²) >= 11 is 5.59. The lowest BCUT2D eigenvalue weighted by atomic mass is 10.0. The number of fused-ring (bicyclic) bond motifs is 1. The van der Waals surface area contributed by atoms with E-state index in [1.165, 1.54) is 0 Å². The second-order valence-corrected chi connectivity index (χ2v) is 7.01. The zero-order valence-electron chi connectivity index (χ0n) is 15.7. The van der Waals surface area contributed by atoms with Gasteiger partial charge in [0, 0.05) is 17.7 Å². The summed E-state index contributed by atoms with van der Waals surface area (Å²) in [5.74, 6) is 1.08. The summed E-state index contributed by atoms with van der Waals surface area (Å²) in [6.07, 6.45) is 3.65. The van der Waals surface area contributed by atoms with Crippen molar-refractivity contribution >= 4 is 23.5 Å². The van der Waals surface area contributed by atoms with Gasteiger partial charge in [0.2, 0.25) is 11.8 Å². The lowest BCUT2D eigenvalue weighted by Gasteiger charge is -2.21. The predicted molar refractivity (Wildman–Crippen MR) is 112 cm³/mol. The Hall–Kier alpha value is -3.25. The van der Waals surface area contributed by atoms with Crippen LogP contribution in [0.3, 0.4) is 0 Å². The summed E-state index contributed by atoms with van der Waals surface area (Å²) in [6.45, 7) is 1.40. The molecule has 29 heavy (non-hydrogen) atoms. The van der Waals surface area contributed by atoms with Gasteiger partial charge in [-0.15, -0.1) is 0 Å². The first kappa shape index (κ1) is 19.1. The van der Waals surface area contributed by atoms with Gasteiger partial charge in [-0.3, -0.25) is 4.79 Å². The van der Waals surface area contributed by atoms with Crippen LogP contribution in [0.4, 0.5) is 0 Å². The van der Waals surface area contributed by atoms with Gasteiger partial charge in [0.15, 0.2) is 23.9 Å². The van der Waals surface area contributed by atoms with Crippen LogP contribution in [-0.4, -0.2) is 24.0 Å². The number of hydrogen-bond donors (Lipinski definition) is 0. The Morgan fingerprint density at radius 3 is 2.41 bits per heavy atom. The fourth-order valence-electron chi connectivity index (χ4n) is 3.15. The van der Waals surface area contributed by atoms with Crippen LogP contribution in [0.5, 0.6) is 11.5 Å². The van der Waals surface area contributed by atoms with E-state index in [4.69, 9.17) is 22.1 Å². The lowest BCUT2D eigenvalue weighted by Crippen LogP contribution is -2.47. The molecular formula is C23H20N2O3S. The summed E-state index contributed by atoms with van der Waals surface area (Å²) in [5.41, 5.74) is 1.55. The highest BCUT2D eigenvalue weighted by molar-refractivity contribution is 7.77. The molecule has 3 aromatic rings. The van der Waals surface area contributed by atoms with Crippen molar-refractivity contribution in [2.45, 2.75) is 12.6 Å². The molecule has 1 atom stereocenters. The van der Waals surface area contributed by atoms with Crippen molar-refractivity contribution < 1.29 is 18.8 Å². The summed E-state index contributed by atoms with van der Waals surface area (Å²) in [7, 11) is 0. The Morgan fingerprint density at radius 2 is 1.66 bits per heavy atom. The number of rotatable bonds is 6. The molecule has 0 fully saturated rings. The zero-order valence-corrected chi connectivity index (χ0v) is 16.5. The molecule has 146 valence electrons. The number of aliphatic imine (C=N–C) groups is 1. The second kappa shape index (κ2) is 8.84. The average Bonchev–Trinajstić information content (AvgIpc) is 2.79. The minimum Gasteiger partial charge on any atom is -0.758 e. The number of nitrogens with zero attached hydrogens (tertiary/aromatic N) is 2. The van der Waals surface area contributed by atoms with Crippen LogP contribution < -0.4 is 14.0 Å². The van der Waals surface area contributed by atoms with Crippen LogP contribution in [-0.2, 0) is 19.2 Å². The van der Waals surface area contributed by atoms with Crippen molar-refractivity contribution in [1.82, 2.24) is 0 Å². The third-order valence-corrected chi connectivity index (χ3v) is 4.96. The number of aromatic nitrogens is 1. The van der Waals surface area contributed by atoms with Crippen LogP contribution in [0.25, 0.3) is 0 Å². The average molecular weight is 404 g/mol. The van der Waals surface area contributed by atoms with Gasteiger partial charge < -0.3 is 27.1 Å². The van der Waals surface area contributed by atoms with Crippen LogP contribution in [0.2, 0.25) is 0 Å². The molecule has 2 aromatic carbocycles. The SMILES string of the molecule is O=C(c1ccc2c(c1)OCCO2)C(C([S-])=NCc1ccccc1)[n+]1ccccc1. The normalized spacial score (nSPS) is 14.3. The van der Waals surface area contributed by atoms with E-state index in [2.05, 4.69) is 4.99 Å². The molecule has 1 aliphatic heterocycles. The number of ketones is 1. The fraction of sp³-hybridized carbons (Fsp3) is 0.174. The standard InChI is InChI=1S/C23H20N2O3S/c26-22(18-9-10-19-20(15-18)28-14-13-27-19)21(25-11-5-2-6-12-25)23(29)24-16-17-7-3-1-4-8-17/h1-12,15,21H,13-14,16H2. The molecule has 0 N–H and O–H groups in total. The van der Waals surface area contributed by atoms with Crippen molar-refractivity contribution in [2.24, 2.45) is 4.99 Å². The van der Waals surface area contributed by atoms with Gasteiger partial charge in [0.1, 0.15) is 13.2 Å². The van der Waals surface area contributed by atoms with Gasteiger partial charge in [-0.25, -0.2) is 0 Å². The van der Waals surface area contributed by atoms with Crippen LogP contribution in [0.1, 0.15) is 22.0 Å². The largest absolute Gasteiger partial charge is 0.758 e. The molecule has 0 bridgehead atoms. The number of carbonyl (C=O) groups is 1. The summed E-state index contributed by atoms with van der Waals surface area (Å²) in [6, 6.07) is 20.0. The van der Waals surface area contributed by atoms with E-state index in [0.29, 0.717) is 41.9 Å². The maximum Gasteiger partial charge on any atom is 0.237 e. The van der Waals surface area contributed by atoms with E-state index in [1.54, 1.807) is 22.8 Å². The third kappa shape index (κ3) is 4.43. The van der Waals surface area contributed by atoms with E-state index in [-0.39, 0.29) is 5.78 Å². The summed E-state index contributed by atoms with van der Waals surface area (Å²) in [5, 5.41) is 0.338. The van der Waals surface area contributed by atoms with Gasteiger partial charge in [0.05, 0.1) is 6.54 Å². The van der Waals surface area contributed by atoms with Crippen molar-refractivity contribution in [2.75, 3.05) is 13.2 Å². The van der Waals surface area contributed by atoms with E-state index in [9.17, 15) is 4.79 Å². The molecule has 0 saturated carbocycles. The zero-order chi connectivity index (χ0) is 20.1. The maximum atomic E-state index is 13.4. The number of pyridine rings is 1. The van der Waals surface area contributed by atoms with Crippen molar-refractivity contribution in [3.05, 3.63) is 90.3 Å². The van der Waals surface area contributed by atoms with Gasteiger partial charge >= 0.3 is 0 Å². The van der Waals surface area contributed by atoms with E-state index in [0.717, 1.165) is 5.56 Å². The molecule has 1 aliphatic rings. The molecule has 0 amide bonds. The quantitative estimate of drug-likeness (QED) is 0.208. The Kier molecular flexibility index (Phi) is 5.81. The molecular weight excluding hydrogens is 384 g/mol. The topological polar surface area (TPSA) is 51.8 Å². The molecule has 0 radical (unpaired) electrons. The van der Waals surface area contributed by atoms with Crippen molar-refractivity contribution in [3.63, 3.8) is 0 Å². The van der Waals surface area contributed by atoms with E-state index >= 15 is 0 Å². The minimum atomic E-state index is -0.711. The van der Waals surface area contributed by atoms with Gasteiger partial charge in [-0.05, 0) is 28.8 Å². The fourth-order valence-corrected chi connectivity index (χ4v) is 3.45. The first-order chi connectivity index (χ1) is 14.2. The number of Topliss-reactive ketones (excluding diaryl/α,β-unsaturated/α-hetero) is 1. The Bertz CT molecular complexity index is 1020. The number of benzene rings is 2. The highest BCUT2D eigenvalue weighted by atomic mass is 32.1. The monoisotopic (exact) mass is 404 g/mol. The smallest absolute Gasteiger partial charge is 0.237 e. The molecule has 4 rings (SSSR count). The van der Waals surface area contributed by atoms with Crippen LogP contribution in [0.15, 0.2) is 84.1 Å². The highest BCUT2D eigenvalue weighted by Gasteiger charge is 2.29. The van der Waals surface area contributed by atoms with Gasteiger partial charge in [-0.1, -0.05) is 36.4 Å². The molecule has 6 heteroatoms. The molecule has 1 unspecified atom stereocenters. The first-order valence-electron chi connectivity index (χ1n) is 9.37. The minimum absolute atomic E-state index is 0.139. The Balaban J connectivity index is 1.66. The van der Waals surface area contributed by atoms with Crippen molar-refractivity contribution in [3.8, 4) is 11.5 Å². The molecule has 1 aromatic heterocycles. The molecule has 2 heterocycles. The Labute approximate surface area is 175 Å². The third-order valence-electron chi connectivity index (χ3n) is 4.61. The molecule has 0 aliphatic carbocycles. The number of carbonyl (C=O) groups excluding carboxylic acids is 1. The first-order valence-corrected chi connectivity index (χ1v) is 9.78. The van der Waals surface area contributed by atoms with Crippen molar-refractivity contribution in [1.29, 1.82) is 0 Å². The molecule has 5 nitrogen and oxygen atoms in total. The predicted octanol–water partition coefficient (Wildman–Crippen LogP) is 3.31. The Morgan fingerprint density at radius 1 is 0.966 bits per heavy atom. The highest BCUT2D eigenvalue weighted by Crippen LogP contribution is 2.31. The van der Waals surface area contributed by atoms with Gasteiger partial charge in [0.25, 0.3) is 0 Å². The van der Waals surface area contributed by atoms with E-state index in [1.807, 2.05) is 60.9 Å². The summed E-state index contributed by atoms with van der Waals surface area (Å²) < 4.78 is 13.0. The van der Waals surface area contributed by atoms with Crippen LogP contribution in [0, 0.1) is 0 Å². The maximum absolute atomic E-state index is 13.4. The second-order valence-electron chi connectivity index (χ2n) is 6.59. The van der Waals surface area contributed by atoms with E-state index < -0.39 is 6.04 Å². The molecule has 0 spiro atoms. The number of hydrogen-bond acceptors (Lipinski definition) is 5. The van der Waals surface area contributed by atoms with Gasteiger partial charge in [-0.2, -0.15) is 4.57 Å². The summed E-state index contributed by atoms with van der Waals surface area (Å²) in [4.78, 5) is 18.0. The molecule has 0 saturated heterocycles. The lowest BCUT2D eigenvalue weighted by molar-refractivity contribution is -0.691.